The smallest absolute Gasteiger partial charge is 0.274 e. The molecule has 0 heterocycles. The van der Waals surface area contributed by atoms with Crippen LogP contribution >= 0.6 is 0 Å². The van der Waals surface area contributed by atoms with Crippen molar-refractivity contribution in [3.63, 3.8) is 0 Å². The van der Waals surface area contributed by atoms with Gasteiger partial charge in [-0.3, -0.25) is 4.55 Å². The van der Waals surface area contributed by atoms with Gasteiger partial charge >= 0.3 is 0 Å². The maximum atomic E-state index is 10.1. The zero-order valence-corrected chi connectivity index (χ0v) is 5.30. The number of hydrogen-bond acceptors (Lipinski definition) is 1. The summed E-state index contributed by atoms with van der Waals surface area (Å²) in [5, 5.41) is 0. The van der Waals surface area contributed by atoms with Crippen LogP contribution in [-0.4, -0.2) is 21.3 Å². The highest BCUT2D eigenvalue weighted by Gasteiger charge is 1.95. The van der Waals surface area contributed by atoms with Gasteiger partial charge in [0.1, 0.15) is 0 Å². The second-order valence-corrected chi connectivity index (χ2v) is 5.55. The zero-order valence-electron chi connectivity index (χ0n) is 3.67. The molecule has 0 rings (SSSR count). The molecule has 4 heteroatoms. The van der Waals surface area contributed by atoms with E-state index in [9.17, 15) is 4.21 Å². The zero-order chi connectivity index (χ0) is 5.21. The van der Waals surface area contributed by atoms with E-state index in [2.05, 4.69) is 0 Å². The van der Waals surface area contributed by atoms with Gasteiger partial charge in [0.2, 0.25) is 0 Å². The summed E-state index contributed by atoms with van der Waals surface area (Å²) in [7, 11) is -1.53. The molecule has 2 nitrogen and oxygen atoms in total. The Hall–Kier alpha value is 0.330. The predicted octanol–water partition coefficient (Wildman–Crippen LogP) is 0.001000. The van der Waals surface area contributed by atoms with E-state index in [1.807, 2.05) is 0 Å². The molecule has 0 aromatic rings. The lowest BCUT2D eigenvalue weighted by atomic mass is 12.0. The van der Waals surface area contributed by atoms with Crippen LogP contribution in [0.2, 0.25) is 0 Å². The van der Waals surface area contributed by atoms with Crippen LogP contribution in [0.5, 0.6) is 0 Å². The van der Waals surface area contributed by atoms with Crippen LogP contribution < -0.4 is 0 Å². The average molecular weight is 127 g/mol. The molecule has 0 aliphatic rings. The van der Waals surface area contributed by atoms with Crippen molar-refractivity contribution in [3.05, 3.63) is 0 Å². The molecule has 0 saturated heterocycles. The molecule has 0 amide bonds. The van der Waals surface area contributed by atoms with E-state index < -0.39 is 8.77 Å². The van der Waals surface area contributed by atoms with Crippen molar-refractivity contribution in [2.24, 2.45) is 0 Å². The van der Waals surface area contributed by atoms with E-state index in [0.29, 0.717) is 0 Å². The van der Waals surface area contributed by atoms with E-state index in [4.69, 9.17) is 4.55 Å². The minimum atomic E-state index is -2.50. The summed E-state index contributed by atoms with van der Waals surface area (Å²) in [4.78, 5) is 0. The van der Waals surface area contributed by atoms with Crippen molar-refractivity contribution in [2.75, 3.05) is 12.5 Å². The van der Waals surface area contributed by atoms with E-state index in [0.717, 1.165) is 10.3 Å². The standard InChI is InChI=1S/C2H6O2S2/c1-5-6(2,3)4/h1-2H3/p+1. The lowest BCUT2D eigenvalue weighted by molar-refractivity contribution is 0.568. The minimum absolute atomic E-state index is 0.965. The molecule has 6 heavy (non-hydrogen) atoms. The molecule has 0 aromatic carbocycles. The van der Waals surface area contributed by atoms with Gasteiger partial charge in [0.15, 0.2) is 6.26 Å². The highest BCUT2D eigenvalue weighted by molar-refractivity contribution is 8.36. The predicted molar refractivity (Wildman–Crippen MR) is 30.0 cm³/mol. The maximum Gasteiger partial charge on any atom is 0.293 e. The summed E-state index contributed by atoms with van der Waals surface area (Å²) in [5.74, 6) is 0. The molecule has 0 spiro atoms. The van der Waals surface area contributed by atoms with Crippen LogP contribution in [0.15, 0.2) is 0 Å². The molecule has 0 radical (unpaired) electrons. The monoisotopic (exact) mass is 127 g/mol. The highest BCUT2D eigenvalue weighted by atomic mass is 32.9. The molecule has 0 aliphatic carbocycles. The third-order valence-electron chi connectivity index (χ3n) is 0.309. The van der Waals surface area contributed by atoms with Gasteiger partial charge in [0.05, 0.1) is 6.26 Å². The van der Waals surface area contributed by atoms with Crippen LogP contribution in [0, 0.1) is 0 Å². The molecule has 0 aromatic heterocycles. The van der Waals surface area contributed by atoms with Crippen LogP contribution in [0.4, 0.5) is 0 Å². The van der Waals surface area contributed by atoms with Crippen LogP contribution in [-0.2, 0) is 19.1 Å². The van der Waals surface area contributed by atoms with E-state index in [1.165, 1.54) is 6.26 Å². The molecule has 1 N–H and O–H groups in total. The lowest BCUT2D eigenvalue weighted by Gasteiger charge is -1.68. The Morgan fingerprint density at radius 3 is 2.00 bits per heavy atom. The largest absolute Gasteiger partial charge is 0.293 e. The van der Waals surface area contributed by atoms with Crippen molar-refractivity contribution in [1.82, 2.24) is 0 Å². The van der Waals surface area contributed by atoms with Crippen LogP contribution in [0.3, 0.4) is 0 Å². The Morgan fingerprint density at radius 2 is 2.00 bits per heavy atom. The first kappa shape index (κ1) is 6.33. The first-order chi connectivity index (χ1) is 2.56. The number of hydrogen-bond donors (Lipinski definition) is 1. The van der Waals surface area contributed by atoms with Crippen molar-refractivity contribution >= 4 is 19.1 Å². The summed E-state index contributed by atoms with van der Waals surface area (Å²) in [6.07, 6.45) is 2.89. The van der Waals surface area contributed by atoms with Gasteiger partial charge in [-0.15, -0.1) is 0 Å². The topological polar surface area (TPSA) is 37.3 Å². The van der Waals surface area contributed by atoms with Gasteiger partial charge in [0.25, 0.3) is 19.1 Å². The molecular formula is C2H7O2S2+. The van der Waals surface area contributed by atoms with Crippen molar-refractivity contribution < 1.29 is 8.76 Å². The SMILES string of the molecule is C[S+]=S(C)(=O)O. The van der Waals surface area contributed by atoms with Gasteiger partial charge < -0.3 is 0 Å². The Morgan fingerprint density at radius 1 is 1.83 bits per heavy atom. The molecule has 0 fully saturated rings. The van der Waals surface area contributed by atoms with Crippen LogP contribution in [0.25, 0.3) is 0 Å². The first-order valence-corrected chi connectivity index (χ1v) is 5.00. The van der Waals surface area contributed by atoms with Gasteiger partial charge in [-0.05, 0) is 0 Å². The molecule has 1 atom stereocenters. The van der Waals surface area contributed by atoms with Gasteiger partial charge in [0, 0.05) is 0 Å². The van der Waals surface area contributed by atoms with E-state index >= 15 is 0 Å². The Labute approximate surface area is 41.0 Å². The fraction of sp³-hybridized carbons (Fsp3) is 1.00. The maximum absolute atomic E-state index is 10.1. The third-order valence-corrected chi connectivity index (χ3v) is 2.78. The fourth-order valence-electron chi connectivity index (χ4n) is 0. The van der Waals surface area contributed by atoms with Gasteiger partial charge in [-0.1, -0.05) is 0 Å². The second kappa shape index (κ2) is 1.86. The Kier molecular flexibility index (Phi) is 1.96. The van der Waals surface area contributed by atoms with Crippen molar-refractivity contribution in [3.8, 4) is 0 Å². The number of rotatable bonds is 0. The molecule has 1 unspecified atom stereocenters. The Bertz CT molecular complexity index is 122. The fourth-order valence-corrected chi connectivity index (χ4v) is 0. The molecule has 0 saturated carbocycles. The lowest BCUT2D eigenvalue weighted by Crippen LogP contribution is -1.90. The average Bonchev–Trinajstić information content (AvgIpc) is 1.35. The summed E-state index contributed by atoms with van der Waals surface area (Å²) >= 11 is 0. The molecule has 38 valence electrons. The van der Waals surface area contributed by atoms with Gasteiger partial charge in [-0.25, -0.2) is 0 Å². The quantitative estimate of drug-likeness (QED) is 0.465. The highest BCUT2D eigenvalue weighted by Crippen LogP contribution is 1.70. The van der Waals surface area contributed by atoms with Crippen LogP contribution in [0.1, 0.15) is 0 Å². The minimum Gasteiger partial charge on any atom is -0.274 e. The normalized spacial score (nSPS) is 19.2. The summed E-state index contributed by atoms with van der Waals surface area (Å²) in [6, 6.07) is 0. The molecule has 0 bridgehead atoms. The summed E-state index contributed by atoms with van der Waals surface area (Å²) in [5.41, 5.74) is 0. The first-order valence-electron chi connectivity index (χ1n) is 1.33. The summed E-state index contributed by atoms with van der Waals surface area (Å²) in [6.45, 7) is 0. The third kappa shape index (κ3) is 4.33. The molecular weight excluding hydrogens is 120 g/mol. The molecule has 0 aliphatic heterocycles. The summed E-state index contributed by atoms with van der Waals surface area (Å²) < 4.78 is 18.4. The Balaban J connectivity index is 4.24. The van der Waals surface area contributed by atoms with Gasteiger partial charge in [-0.2, -0.15) is 4.21 Å². The van der Waals surface area contributed by atoms with Crippen molar-refractivity contribution in [2.45, 2.75) is 0 Å². The second-order valence-electron chi connectivity index (χ2n) is 0.900. The van der Waals surface area contributed by atoms with E-state index in [-0.39, 0.29) is 0 Å². The van der Waals surface area contributed by atoms with Crippen molar-refractivity contribution in [1.29, 1.82) is 0 Å². The van der Waals surface area contributed by atoms with E-state index in [1.54, 1.807) is 6.26 Å².